The monoisotopic (exact) mass is 291 g/mol. The lowest BCUT2D eigenvalue weighted by Crippen LogP contribution is -2.39. The maximum Gasteiger partial charge on any atom is 0.408 e. The van der Waals surface area contributed by atoms with Crippen LogP contribution in [0.1, 0.15) is 46.2 Å². The normalized spacial score (nSPS) is 14.4. The van der Waals surface area contributed by atoms with Crippen molar-refractivity contribution in [2.24, 2.45) is 11.8 Å². The van der Waals surface area contributed by atoms with E-state index in [0.717, 1.165) is 11.8 Å². The van der Waals surface area contributed by atoms with Crippen LogP contribution < -0.4 is 5.32 Å². The summed E-state index contributed by atoms with van der Waals surface area (Å²) in [4.78, 5) is 23.5. The largest absolute Gasteiger partial charge is 0.444 e. The standard InChI is InChI=1S/C17H25NO3/c1-12(2)14(11-19)15(13-9-7-6-8-10-13)18-16(20)21-17(3,4)5/h6-12,14-15H,1-5H3,(H,18,20)/t14-,15+/m1/s1. The first-order valence-electron chi connectivity index (χ1n) is 7.24. The van der Waals surface area contributed by atoms with Crippen molar-refractivity contribution < 1.29 is 14.3 Å². The Hall–Kier alpha value is -1.84. The third kappa shape index (κ3) is 5.58. The summed E-state index contributed by atoms with van der Waals surface area (Å²) in [6.45, 7) is 9.36. The van der Waals surface area contributed by atoms with Crippen molar-refractivity contribution in [3.05, 3.63) is 35.9 Å². The molecule has 4 heteroatoms. The van der Waals surface area contributed by atoms with Crippen molar-refractivity contribution in [1.29, 1.82) is 0 Å². The Morgan fingerprint density at radius 3 is 2.19 bits per heavy atom. The van der Waals surface area contributed by atoms with Gasteiger partial charge in [-0.05, 0) is 32.3 Å². The summed E-state index contributed by atoms with van der Waals surface area (Å²) in [5.74, 6) is -0.192. The lowest BCUT2D eigenvalue weighted by molar-refractivity contribution is -0.113. The van der Waals surface area contributed by atoms with Gasteiger partial charge in [0.15, 0.2) is 0 Å². The van der Waals surface area contributed by atoms with E-state index in [2.05, 4.69) is 5.32 Å². The molecule has 0 bridgehead atoms. The maximum atomic E-state index is 12.0. The highest BCUT2D eigenvalue weighted by Crippen LogP contribution is 2.27. The number of alkyl carbamates (subject to hydrolysis) is 1. The molecular formula is C17H25NO3. The Morgan fingerprint density at radius 2 is 1.76 bits per heavy atom. The van der Waals surface area contributed by atoms with Crippen LogP contribution in [0.3, 0.4) is 0 Å². The lowest BCUT2D eigenvalue weighted by atomic mass is 9.85. The highest BCUT2D eigenvalue weighted by molar-refractivity contribution is 5.69. The van der Waals surface area contributed by atoms with Gasteiger partial charge in [-0.15, -0.1) is 0 Å². The van der Waals surface area contributed by atoms with Gasteiger partial charge in [0.25, 0.3) is 0 Å². The van der Waals surface area contributed by atoms with E-state index in [1.54, 1.807) is 0 Å². The molecule has 1 amide bonds. The van der Waals surface area contributed by atoms with Gasteiger partial charge in [-0.1, -0.05) is 44.2 Å². The molecule has 0 heterocycles. The van der Waals surface area contributed by atoms with Gasteiger partial charge < -0.3 is 14.8 Å². The molecule has 0 radical (unpaired) electrons. The molecular weight excluding hydrogens is 266 g/mol. The quantitative estimate of drug-likeness (QED) is 0.841. The summed E-state index contributed by atoms with van der Waals surface area (Å²) in [5.41, 5.74) is 0.328. The topological polar surface area (TPSA) is 55.4 Å². The summed E-state index contributed by atoms with van der Waals surface area (Å²) >= 11 is 0. The van der Waals surface area contributed by atoms with Gasteiger partial charge in [0, 0.05) is 5.92 Å². The molecule has 0 saturated heterocycles. The second-order valence-corrected chi connectivity index (χ2v) is 6.49. The predicted octanol–water partition coefficient (Wildman–Crippen LogP) is 3.72. The van der Waals surface area contributed by atoms with Crippen LogP contribution in [0.5, 0.6) is 0 Å². The third-order valence-corrected chi connectivity index (χ3v) is 3.14. The molecule has 0 saturated carbocycles. The van der Waals surface area contributed by atoms with E-state index in [4.69, 9.17) is 4.74 Å². The summed E-state index contributed by atoms with van der Waals surface area (Å²) in [6.07, 6.45) is 0.392. The molecule has 2 atom stereocenters. The van der Waals surface area contributed by atoms with Crippen molar-refractivity contribution in [2.45, 2.75) is 46.3 Å². The van der Waals surface area contributed by atoms with Crippen LogP contribution in [0, 0.1) is 11.8 Å². The van der Waals surface area contributed by atoms with Crippen LogP contribution in [-0.2, 0) is 9.53 Å². The van der Waals surface area contributed by atoms with Crippen LogP contribution in [0.15, 0.2) is 30.3 Å². The van der Waals surface area contributed by atoms with Crippen molar-refractivity contribution in [1.82, 2.24) is 5.32 Å². The fraction of sp³-hybridized carbons (Fsp3) is 0.529. The maximum absolute atomic E-state index is 12.0. The molecule has 1 aromatic carbocycles. The molecule has 0 unspecified atom stereocenters. The highest BCUT2D eigenvalue weighted by Gasteiger charge is 2.29. The van der Waals surface area contributed by atoms with Gasteiger partial charge in [-0.25, -0.2) is 4.79 Å². The number of rotatable bonds is 5. The first-order valence-corrected chi connectivity index (χ1v) is 7.24. The van der Waals surface area contributed by atoms with E-state index in [1.807, 2.05) is 65.0 Å². The van der Waals surface area contributed by atoms with Gasteiger partial charge in [0.2, 0.25) is 0 Å². The minimum Gasteiger partial charge on any atom is -0.444 e. The second-order valence-electron chi connectivity index (χ2n) is 6.49. The predicted molar refractivity (Wildman–Crippen MR) is 82.9 cm³/mol. The van der Waals surface area contributed by atoms with Crippen LogP contribution >= 0.6 is 0 Å². The molecule has 0 spiro atoms. The molecule has 4 nitrogen and oxygen atoms in total. The summed E-state index contributed by atoms with van der Waals surface area (Å²) in [7, 11) is 0. The van der Waals surface area contributed by atoms with Gasteiger partial charge in [0.1, 0.15) is 11.9 Å². The van der Waals surface area contributed by atoms with E-state index in [-0.39, 0.29) is 11.8 Å². The minimum atomic E-state index is -0.570. The van der Waals surface area contributed by atoms with Gasteiger partial charge in [0.05, 0.1) is 6.04 Å². The number of aldehydes is 1. The Kier molecular flexibility index (Phi) is 5.94. The molecule has 0 aliphatic carbocycles. The number of nitrogens with one attached hydrogen (secondary N) is 1. The molecule has 1 N–H and O–H groups in total. The van der Waals surface area contributed by atoms with E-state index >= 15 is 0 Å². The second kappa shape index (κ2) is 7.25. The number of hydrogen-bond acceptors (Lipinski definition) is 3. The fourth-order valence-electron chi connectivity index (χ4n) is 2.12. The Bertz CT molecular complexity index is 463. The van der Waals surface area contributed by atoms with E-state index in [1.165, 1.54) is 0 Å². The van der Waals surface area contributed by atoms with E-state index < -0.39 is 17.7 Å². The van der Waals surface area contributed by atoms with Crippen molar-refractivity contribution in [3.8, 4) is 0 Å². The Morgan fingerprint density at radius 1 is 1.19 bits per heavy atom. The van der Waals surface area contributed by atoms with Gasteiger partial charge >= 0.3 is 6.09 Å². The molecule has 0 aliphatic rings. The zero-order valence-electron chi connectivity index (χ0n) is 13.4. The van der Waals surface area contributed by atoms with Crippen LogP contribution in [-0.4, -0.2) is 18.0 Å². The average molecular weight is 291 g/mol. The van der Waals surface area contributed by atoms with Crippen molar-refractivity contribution >= 4 is 12.4 Å². The number of benzene rings is 1. The minimum absolute atomic E-state index is 0.114. The summed E-state index contributed by atoms with van der Waals surface area (Å²) in [6, 6.07) is 9.10. The number of hydrogen-bond donors (Lipinski definition) is 1. The van der Waals surface area contributed by atoms with Crippen LogP contribution in [0.4, 0.5) is 4.79 Å². The summed E-state index contributed by atoms with van der Waals surface area (Å²) in [5, 5.41) is 2.83. The van der Waals surface area contributed by atoms with Gasteiger partial charge in [-0.2, -0.15) is 0 Å². The zero-order valence-corrected chi connectivity index (χ0v) is 13.4. The smallest absolute Gasteiger partial charge is 0.408 e. The first-order chi connectivity index (χ1) is 9.74. The SMILES string of the molecule is CC(C)[C@@H](C=O)[C@@H](NC(=O)OC(C)(C)C)c1ccccc1. The number of carbonyl (C=O) groups is 2. The van der Waals surface area contributed by atoms with Crippen molar-refractivity contribution in [2.75, 3.05) is 0 Å². The Balaban J connectivity index is 2.98. The zero-order chi connectivity index (χ0) is 16.0. The molecule has 21 heavy (non-hydrogen) atoms. The summed E-state index contributed by atoms with van der Waals surface area (Å²) < 4.78 is 5.30. The van der Waals surface area contributed by atoms with Gasteiger partial charge in [-0.3, -0.25) is 0 Å². The molecule has 0 aliphatic heterocycles. The highest BCUT2D eigenvalue weighted by atomic mass is 16.6. The lowest BCUT2D eigenvalue weighted by Gasteiger charge is -2.29. The third-order valence-electron chi connectivity index (χ3n) is 3.14. The van der Waals surface area contributed by atoms with E-state index in [0.29, 0.717) is 0 Å². The fourth-order valence-corrected chi connectivity index (χ4v) is 2.12. The van der Waals surface area contributed by atoms with Crippen LogP contribution in [0.2, 0.25) is 0 Å². The number of ether oxygens (including phenoxy) is 1. The molecule has 1 rings (SSSR count). The van der Waals surface area contributed by atoms with E-state index in [9.17, 15) is 9.59 Å². The number of amides is 1. The average Bonchev–Trinajstić information content (AvgIpc) is 2.37. The number of carbonyl (C=O) groups excluding carboxylic acids is 2. The van der Waals surface area contributed by atoms with Crippen molar-refractivity contribution in [3.63, 3.8) is 0 Å². The Labute approximate surface area is 126 Å². The first kappa shape index (κ1) is 17.2. The molecule has 116 valence electrons. The molecule has 1 aromatic rings. The van der Waals surface area contributed by atoms with Crippen LogP contribution in [0.25, 0.3) is 0 Å². The molecule has 0 fully saturated rings. The molecule has 0 aromatic heterocycles.